The van der Waals surface area contributed by atoms with Gasteiger partial charge in [0.25, 0.3) is 0 Å². The SMILES string of the molecule is CC(=O)OC1CCC2(C)C(CCC3(C)C2CCC2C([C@@]4(C)CC[C@H](C(C)(C)OC(C)=O)O4)CC[C@]23C)C1(C)C. The molecule has 0 radical (unpaired) electrons. The van der Waals surface area contributed by atoms with Gasteiger partial charge in [-0.05, 0) is 125 Å². The summed E-state index contributed by atoms with van der Waals surface area (Å²) in [6.07, 6.45) is 11.7. The lowest BCUT2D eigenvalue weighted by atomic mass is 9.35. The van der Waals surface area contributed by atoms with Crippen molar-refractivity contribution >= 4 is 11.9 Å². The highest BCUT2D eigenvalue weighted by Gasteiger charge is 2.70. The molecule has 5 heteroatoms. The van der Waals surface area contributed by atoms with E-state index in [-0.39, 0.29) is 40.6 Å². The molecule has 5 aliphatic rings. The molecule has 0 aromatic heterocycles. The van der Waals surface area contributed by atoms with E-state index in [0.717, 1.165) is 25.7 Å². The van der Waals surface area contributed by atoms with Crippen molar-refractivity contribution in [3.05, 3.63) is 0 Å². The quantitative estimate of drug-likeness (QED) is 0.337. The second-order valence-electron chi connectivity index (χ2n) is 16.4. The van der Waals surface area contributed by atoms with Crippen LogP contribution in [-0.2, 0) is 23.8 Å². The second-order valence-corrected chi connectivity index (χ2v) is 16.4. The zero-order valence-corrected chi connectivity index (χ0v) is 26.6. The summed E-state index contributed by atoms with van der Waals surface area (Å²) in [5.41, 5.74) is 0.155. The monoisotopic (exact) mass is 544 g/mol. The smallest absolute Gasteiger partial charge is 0.303 e. The number of esters is 2. The predicted octanol–water partition coefficient (Wildman–Crippen LogP) is 7.88. The number of rotatable bonds is 4. The van der Waals surface area contributed by atoms with E-state index in [1.54, 1.807) is 6.92 Å². The van der Waals surface area contributed by atoms with Crippen LogP contribution in [0.25, 0.3) is 0 Å². The molecule has 222 valence electrons. The van der Waals surface area contributed by atoms with Crippen molar-refractivity contribution < 1.29 is 23.8 Å². The Morgan fingerprint density at radius 1 is 0.718 bits per heavy atom. The minimum absolute atomic E-state index is 0.00485. The highest BCUT2D eigenvalue weighted by atomic mass is 16.6. The van der Waals surface area contributed by atoms with Crippen LogP contribution in [0.3, 0.4) is 0 Å². The molecular weight excluding hydrogens is 488 g/mol. The Kier molecular flexibility index (Phi) is 6.93. The molecule has 1 aliphatic heterocycles. The first-order valence-electron chi connectivity index (χ1n) is 16.0. The van der Waals surface area contributed by atoms with Crippen LogP contribution in [-0.4, -0.2) is 35.3 Å². The lowest BCUT2D eigenvalue weighted by molar-refractivity contribution is -0.231. The van der Waals surface area contributed by atoms with E-state index in [0.29, 0.717) is 34.5 Å². The Morgan fingerprint density at radius 2 is 1.38 bits per heavy atom. The van der Waals surface area contributed by atoms with Gasteiger partial charge in [-0.1, -0.05) is 34.6 Å². The van der Waals surface area contributed by atoms with Crippen LogP contribution in [0.2, 0.25) is 0 Å². The highest BCUT2D eigenvalue weighted by Crippen LogP contribution is 2.76. The van der Waals surface area contributed by atoms with Crippen molar-refractivity contribution in [2.75, 3.05) is 0 Å². The van der Waals surface area contributed by atoms with Crippen molar-refractivity contribution in [3.8, 4) is 0 Å². The molecule has 1 heterocycles. The summed E-state index contributed by atoms with van der Waals surface area (Å²) in [5.74, 6) is 2.15. The number of fused-ring (bicyclic) bond motifs is 5. The fraction of sp³-hybridized carbons (Fsp3) is 0.941. The minimum atomic E-state index is -0.597. The topological polar surface area (TPSA) is 61.8 Å². The first kappa shape index (κ1) is 29.4. The Morgan fingerprint density at radius 3 is 2.03 bits per heavy atom. The van der Waals surface area contributed by atoms with E-state index in [9.17, 15) is 9.59 Å². The zero-order chi connectivity index (χ0) is 28.8. The van der Waals surface area contributed by atoms with Gasteiger partial charge in [0.2, 0.25) is 0 Å². The van der Waals surface area contributed by atoms with Crippen molar-refractivity contribution in [3.63, 3.8) is 0 Å². The molecule has 1 saturated heterocycles. The zero-order valence-electron chi connectivity index (χ0n) is 26.6. The molecule has 4 saturated carbocycles. The van der Waals surface area contributed by atoms with E-state index >= 15 is 0 Å². The van der Waals surface area contributed by atoms with Crippen molar-refractivity contribution in [1.29, 1.82) is 0 Å². The number of hydrogen-bond acceptors (Lipinski definition) is 5. The summed E-state index contributed by atoms with van der Waals surface area (Å²) in [5, 5.41) is 0. The van der Waals surface area contributed by atoms with E-state index < -0.39 is 5.60 Å². The second kappa shape index (κ2) is 9.20. The van der Waals surface area contributed by atoms with Gasteiger partial charge in [-0.3, -0.25) is 9.59 Å². The normalized spacial score (nSPS) is 49.0. The number of hydrogen-bond donors (Lipinski definition) is 0. The van der Waals surface area contributed by atoms with Gasteiger partial charge in [0.05, 0.1) is 11.7 Å². The molecule has 39 heavy (non-hydrogen) atoms. The van der Waals surface area contributed by atoms with E-state index in [2.05, 4.69) is 41.5 Å². The molecule has 7 unspecified atom stereocenters. The van der Waals surface area contributed by atoms with E-state index in [4.69, 9.17) is 14.2 Å². The van der Waals surface area contributed by atoms with Gasteiger partial charge in [-0.15, -0.1) is 0 Å². The fourth-order valence-electron chi connectivity index (χ4n) is 11.9. The fourth-order valence-corrected chi connectivity index (χ4v) is 11.9. The molecule has 0 aromatic carbocycles. The van der Waals surface area contributed by atoms with Crippen LogP contribution < -0.4 is 0 Å². The maximum absolute atomic E-state index is 11.9. The van der Waals surface area contributed by atoms with E-state index in [1.807, 2.05) is 13.8 Å². The van der Waals surface area contributed by atoms with Gasteiger partial charge < -0.3 is 14.2 Å². The predicted molar refractivity (Wildman–Crippen MR) is 153 cm³/mol. The molecule has 0 aromatic rings. The van der Waals surface area contributed by atoms with Gasteiger partial charge in [-0.25, -0.2) is 0 Å². The van der Waals surface area contributed by atoms with Gasteiger partial charge in [0.1, 0.15) is 11.7 Å². The van der Waals surface area contributed by atoms with Crippen molar-refractivity contribution in [2.24, 2.45) is 45.3 Å². The summed E-state index contributed by atoms with van der Waals surface area (Å²) in [4.78, 5) is 23.7. The molecule has 5 fully saturated rings. The minimum Gasteiger partial charge on any atom is -0.462 e. The van der Waals surface area contributed by atoms with Crippen LogP contribution >= 0.6 is 0 Å². The summed E-state index contributed by atoms with van der Waals surface area (Å²) in [6, 6.07) is 0. The summed E-state index contributed by atoms with van der Waals surface area (Å²) in [6.45, 7) is 22.1. The molecule has 0 N–H and O–H groups in total. The standard InChI is InChI=1S/C34H56O5/c1-21(35)37-27-15-17-31(7)25(29(27,3)4)14-19-33(9)26(31)12-11-23-24(13-18-32(23,33)8)34(10)20-16-28(39-34)30(5,6)38-22(2)36/h23-28H,11-20H2,1-10H3/t23?,24?,25?,26?,27?,28-,31?,32-,33?,34-/m1/s1. The van der Waals surface area contributed by atoms with Crippen LogP contribution in [0.4, 0.5) is 0 Å². The van der Waals surface area contributed by atoms with Gasteiger partial charge in [0.15, 0.2) is 0 Å². The molecular formula is C34H56O5. The van der Waals surface area contributed by atoms with Crippen molar-refractivity contribution in [2.45, 2.75) is 157 Å². The van der Waals surface area contributed by atoms with Crippen LogP contribution in [0.15, 0.2) is 0 Å². The Hall–Kier alpha value is -1.10. The molecule has 4 aliphatic carbocycles. The molecule has 0 amide bonds. The third kappa shape index (κ3) is 4.24. The number of ether oxygens (including phenoxy) is 3. The highest BCUT2D eigenvalue weighted by molar-refractivity contribution is 5.66. The van der Waals surface area contributed by atoms with Crippen LogP contribution in [0.5, 0.6) is 0 Å². The van der Waals surface area contributed by atoms with Crippen molar-refractivity contribution in [1.82, 2.24) is 0 Å². The number of carbonyl (C=O) groups is 2. The Balaban J connectivity index is 1.38. The lowest BCUT2D eigenvalue weighted by Crippen LogP contribution is -2.64. The first-order valence-corrected chi connectivity index (χ1v) is 16.0. The first-order chi connectivity index (χ1) is 17.9. The average Bonchev–Trinajstić information content (AvgIpc) is 3.37. The Bertz CT molecular complexity index is 1000. The lowest BCUT2D eigenvalue weighted by Gasteiger charge is -2.70. The van der Waals surface area contributed by atoms with Gasteiger partial charge in [-0.2, -0.15) is 0 Å². The third-order valence-corrected chi connectivity index (χ3v) is 13.9. The maximum Gasteiger partial charge on any atom is 0.303 e. The maximum atomic E-state index is 11.9. The van der Waals surface area contributed by atoms with E-state index in [1.165, 1.54) is 45.4 Å². The molecule has 5 nitrogen and oxygen atoms in total. The average molecular weight is 545 g/mol. The summed E-state index contributed by atoms with van der Waals surface area (Å²) >= 11 is 0. The molecule has 5 rings (SSSR count). The largest absolute Gasteiger partial charge is 0.462 e. The summed E-state index contributed by atoms with van der Waals surface area (Å²) < 4.78 is 18.5. The Labute approximate surface area is 237 Å². The molecule has 0 spiro atoms. The van der Waals surface area contributed by atoms with Gasteiger partial charge in [0, 0.05) is 19.3 Å². The summed E-state index contributed by atoms with van der Waals surface area (Å²) in [7, 11) is 0. The van der Waals surface area contributed by atoms with Crippen LogP contribution in [0, 0.1) is 45.3 Å². The molecule has 10 atom stereocenters. The van der Waals surface area contributed by atoms with Gasteiger partial charge >= 0.3 is 11.9 Å². The number of carbonyl (C=O) groups excluding carboxylic acids is 2. The molecule has 0 bridgehead atoms. The third-order valence-electron chi connectivity index (χ3n) is 13.9. The van der Waals surface area contributed by atoms with Crippen LogP contribution in [0.1, 0.15) is 133 Å².